The van der Waals surface area contributed by atoms with Crippen LogP contribution >= 0.6 is 12.4 Å². The number of rotatable bonds is 14. The molecule has 3 unspecified atom stereocenters. The molecule has 12 rings (SSSR count). The van der Waals surface area contributed by atoms with Gasteiger partial charge < -0.3 is 63.3 Å². The molecule has 2 bridgehead atoms. The Labute approximate surface area is 566 Å². The monoisotopic (exact) mass is 1380 g/mol. The predicted molar refractivity (Wildman–Crippen MR) is 363 cm³/mol. The third-order valence-electron chi connectivity index (χ3n) is 17.5. The average Bonchev–Trinajstić information content (AvgIpc) is 0.909. The third kappa shape index (κ3) is 16.7. The molecule has 3 aliphatic heterocycles. The fourth-order valence-electron chi connectivity index (χ4n) is 12.1. The van der Waals surface area contributed by atoms with Gasteiger partial charge in [-0.15, -0.1) is 12.4 Å². The molecule has 3 aliphatic rings. The van der Waals surface area contributed by atoms with Gasteiger partial charge >= 0.3 is 23.4 Å². The lowest BCUT2D eigenvalue weighted by atomic mass is 9.75. The number of aryl methyl sites for hydroxylation is 2. The van der Waals surface area contributed by atoms with Gasteiger partial charge in [-0.3, -0.25) is 57.9 Å². The number of H-pyrrole nitrogens is 1. The molecule has 3 atom stereocenters. The van der Waals surface area contributed by atoms with Gasteiger partial charge in [-0.25, -0.2) is 24.4 Å². The first-order valence-corrected chi connectivity index (χ1v) is 30.5. The molecule has 4 amide bonds. The molecule has 524 valence electrons. The minimum atomic E-state index is -1.75. The van der Waals surface area contributed by atoms with Gasteiger partial charge in [0.2, 0.25) is 11.8 Å². The number of nitrogens with one attached hydrogen (secondary N) is 3. The van der Waals surface area contributed by atoms with E-state index in [1.807, 2.05) is 72.9 Å². The molecule has 0 radical (unpaired) electrons. The number of benzene rings is 4. The lowest BCUT2D eigenvalue weighted by Crippen LogP contribution is -2.64. The highest BCUT2D eigenvalue weighted by Gasteiger charge is 2.51. The fraction of sp³-hybridized carbons (Fsp3) is 0.379. The zero-order valence-electron chi connectivity index (χ0n) is 55.9. The lowest BCUT2D eigenvalue weighted by molar-refractivity contribution is -0.931. The van der Waals surface area contributed by atoms with Gasteiger partial charge in [0.25, 0.3) is 11.1 Å². The number of hydrogen-bond acceptors (Lipinski definition) is 21. The first-order valence-electron chi connectivity index (χ1n) is 30.5. The number of fused-ring (bicyclic) bond motifs is 5. The van der Waals surface area contributed by atoms with Crippen molar-refractivity contribution < 1.29 is 62.6 Å². The zero-order chi connectivity index (χ0) is 71.1. The van der Waals surface area contributed by atoms with Crippen LogP contribution in [0.2, 0.25) is 0 Å². The number of carbonyl (C=O) groups excluding carboxylic acids is 4. The van der Waals surface area contributed by atoms with Crippen molar-refractivity contribution in [1.82, 2.24) is 53.4 Å². The van der Waals surface area contributed by atoms with E-state index in [-0.39, 0.29) is 55.5 Å². The van der Waals surface area contributed by atoms with Crippen LogP contribution in [-0.2, 0) is 65.7 Å². The van der Waals surface area contributed by atoms with Crippen LogP contribution in [0.5, 0.6) is 23.0 Å². The number of aliphatic hydroxyl groups is 2. The summed E-state index contributed by atoms with van der Waals surface area (Å²) in [4.78, 5) is 117. The molecule has 5 aromatic heterocycles. The Morgan fingerprint density at radius 3 is 1.80 bits per heavy atom. The number of aromatic nitrogens is 9. The number of aliphatic hydroxyl groups excluding tert-OH is 2. The van der Waals surface area contributed by atoms with E-state index in [2.05, 4.69) is 44.7 Å². The molecule has 0 spiro atoms. The maximum Gasteiger partial charge on any atom is 0.332 e. The number of carbonyl (C=O) groups is 4. The minimum Gasteiger partial charge on any atom is -0.493 e. The molecular formula is C66H80ClN13O18. The number of imide groups is 2. The van der Waals surface area contributed by atoms with Crippen molar-refractivity contribution >= 4 is 69.3 Å². The van der Waals surface area contributed by atoms with Crippen LogP contribution in [0.3, 0.4) is 0 Å². The van der Waals surface area contributed by atoms with Gasteiger partial charge in [0.05, 0.1) is 91.3 Å². The van der Waals surface area contributed by atoms with Crippen molar-refractivity contribution in [2.45, 2.75) is 81.5 Å². The van der Waals surface area contributed by atoms with Crippen molar-refractivity contribution in [3.05, 3.63) is 195 Å². The summed E-state index contributed by atoms with van der Waals surface area (Å²) in [5.41, 5.74) is 2.02. The van der Waals surface area contributed by atoms with E-state index in [1.165, 1.54) is 53.3 Å². The van der Waals surface area contributed by atoms with E-state index in [9.17, 15) is 43.5 Å². The van der Waals surface area contributed by atoms with Crippen LogP contribution in [0.15, 0.2) is 135 Å². The quantitative estimate of drug-likeness (QED) is 0.0335. The summed E-state index contributed by atoms with van der Waals surface area (Å²) in [5, 5.41) is 39.6. The van der Waals surface area contributed by atoms with Gasteiger partial charge in [-0.05, 0) is 58.8 Å². The number of esters is 1. The number of amides is 4. The number of piperidine rings is 1. The number of barbiturate groups is 1. The van der Waals surface area contributed by atoms with Gasteiger partial charge in [-0.2, -0.15) is 0 Å². The maximum atomic E-state index is 12.5. The number of pyridine rings is 1. The van der Waals surface area contributed by atoms with Crippen LogP contribution in [0.1, 0.15) is 67.3 Å². The second kappa shape index (κ2) is 33.8. The number of aromatic amines is 1. The number of imidazole rings is 2. The summed E-state index contributed by atoms with van der Waals surface area (Å²) in [6.45, 7) is 1.73. The van der Waals surface area contributed by atoms with Gasteiger partial charge in [-0.1, -0.05) is 73.7 Å². The summed E-state index contributed by atoms with van der Waals surface area (Å²) in [7, 11) is 17.1. The summed E-state index contributed by atoms with van der Waals surface area (Å²) in [6, 6.07) is 30.4. The van der Waals surface area contributed by atoms with Crippen LogP contribution in [0.4, 0.5) is 4.79 Å². The first kappa shape index (κ1) is 76.3. The molecule has 32 heteroatoms. The number of hydrogen-bond donors (Lipinski definition) is 5. The maximum absolute atomic E-state index is 12.5. The summed E-state index contributed by atoms with van der Waals surface area (Å²) >= 11 is 0. The Balaban J connectivity index is 0.000000193. The normalized spacial score (nSPS) is 16.3. The third-order valence-corrected chi connectivity index (χ3v) is 17.5. The average molecular weight is 1380 g/mol. The Morgan fingerprint density at radius 2 is 1.24 bits per heavy atom. The lowest BCUT2D eigenvalue weighted by Gasteiger charge is -2.44. The number of urea groups is 1. The smallest absolute Gasteiger partial charge is 0.332 e. The van der Waals surface area contributed by atoms with Crippen molar-refractivity contribution in [2.75, 3.05) is 55.7 Å². The molecule has 8 heterocycles. The van der Waals surface area contributed by atoms with Crippen LogP contribution in [0, 0.1) is 15.3 Å². The largest absolute Gasteiger partial charge is 0.493 e. The number of ether oxygens (including phenoxy) is 5. The van der Waals surface area contributed by atoms with E-state index in [0.717, 1.165) is 54.1 Å². The molecule has 3 fully saturated rings. The Bertz CT molecular complexity index is 4510. The standard InChI is InChI=1S/C20H21NO4.C18H26NO3.C12H12N2O3.C9H12N4O3.C7H8N4O2.ClH.NO3/c1-22-17-6-5-13(10-18(17)23-2)9-16-15-12-20(25-4)19(24-3)11-14(15)7-8-21-16;1-19(2)14-8-9-15(19)11-16(10-14)22-18(21)17(12-20)13-6-4-3-5-7-13;1-2-12(8-6-4-3-5-7-8)9(15)13-11(17)14-10(12)16;1-11-7-6(8(15)12(2)9(11)16)13(3-4-14)5-10-7;1-10-5-4(8-3-9-5)6(12)11(2)7(10)13;;2-1(3)4/h5-8,10-12H,9H2,1-4H3;3-7,14-17,20H,8-12H2,1-2H3;3-7H,2H2,1H3,(H2,13,14,15,16,17);5,14H,3-4H2,1-2H3;3H,1-2H3,(H,8,9);1H;/q;+1;;;;;-1. The van der Waals surface area contributed by atoms with E-state index >= 15 is 0 Å². The second-order valence-electron chi connectivity index (χ2n) is 23.2. The highest BCUT2D eigenvalue weighted by molar-refractivity contribution is 6.22. The first-order chi connectivity index (χ1) is 46.3. The Morgan fingerprint density at radius 1 is 0.704 bits per heavy atom. The molecule has 5 N–H and O–H groups in total. The Kier molecular flexibility index (Phi) is 26.3. The molecule has 4 aromatic carbocycles. The summed E-state index contributed by atoms with van der Waals surface area (Å²) in [6.07, 6.45) is 9.98. The number of quaternary nitrogens is 1. The zero-order valence-corrected chi connectivity index (χ0v) is 56.8. The molecule has 0 saturated carbocycles. The van der Waals surface area contributed by atoms with E-state index in [1.54, 1.807) is 79.8 Å². The SMILES string of the molecule is CCC1(c2ccccc2)C(=O)NC(=O)NC1=O.COc1ccc(Cc2nccc3cc(OC)c(OC)cc23)cc1OC.C[N+]1(C)C2CCC1CC(OC(=O)C(CO)c1ccccc1)C2.Cl.Cn1c(=O)c2[nH]cnc2n(C)c1=O.Cn1c(=O)c2c(ncn2CCO)n(C)c1=O.O=[N+]([O-])[O-]. The fourth-order valence-corrected chi connectivity index (χ4v) is 12.1. The van der Waals surface area contributed by atoms with E-state index in [0.29, 0.717) is 75.8 Å². The number of nitrogens with zero attached hydrogens (tertiary/aromatic N) is 10. The predicted octanol–water partition coefficient (Wildman–Crippen LogP) is 4.20. The van der Waals surface area contributed by atoms with Gasteiger partial charge in [0.1, 0.15) is 17.5 Å². The molecule has 0 aliphatic carbocycles. The molecule has 9 aromatic rings. The van der Waals surface area contributed by atoms with Crippen molar-refractivity contribution in [1.29, 1.82) is 0 Å². The topological polar surface area (TPSA) is 393 Å². The number of halogens is 1. The van der Waals surface area contributed by atoms with Crippen molar-refractivity contribution in [3.8, 4) is 23.0 Å². The van der Waals surface area contributed by atoms with E-state index in [4.69, 9.17) is 44.1 Å². The van der Waals surface area contributed by atoms with Crippen molar-refractivity contribution in [3.63, 3.8) is 0 Å². The van der Waals surface area contributed by atoms with Gasteiger partial charge in [0, 0.05) is 78.4 Å². The van der Waals surface area contributed by atoms with Crippen LogP contribution in [-0.4, -0.2) is 160 Å². The van der Waals surface area contributed by atoms with Crippen LogP contribution in [0.25, 0.3) is 33.1 Å². The highest BCUT2D eigenvalue weighted by atomic mass is 35.5. The van der Waals surface area contributed by atoms with Crippen molar-refractivity contribution in [2.24, 2.45) is 28.2 Å². The highest BCUT2D eigenvalue weighted by Crippen LogP contribution is 2.41. The Hall–Kier alpha value is -10.8. The van der Waals surface area contributed by atoms with Gasteiger partial charge in [0.15, 0.2) is 45.2 Å². The molecule has 31 nitrogen and oxygen atoms in total. The minimum absolute atomic E-state index is 0. The molecular weight excluding hydrogens is 1300 g/mol. The summed E-state index contributed by atoms with van der Waals surface area (Å²) < 4.78 is 34.6. The summed E-state index contributed by atoms with van der Waals surface area (Å²) in [5.74, 6) is 0.825. The molecule has 98 heavy (non-hydrogen) atoms. The number of methoxy groups -OCH3 is 4. The molecule has 3 saturated heterocycles. The van der Waals surface area contributed by atoms with Crippen LogP contribution < -0.4 is 52.1 Å². The second-order valence-corrected chi connectivity index (χ2v) is 23.2. The van der Waals surface area contributed by atoms with E-state index < -0.39 is 45.5 Å².